The first-order valence-electron chi connectivity index (χ1n) is 11.9. The van der Waals surface area contributed by atoms with Gasteiger partial charge in [0.25, 0.3) is 0 Å². The summed E-state index contributed by atoms with van der Waals surface area (Å²) in [4.78, 5) is 24.7. The molecule has 0 fully saturated rings. The van der Waals surface area contributed by atoms with Gasteiger partial charge in [-0.15, -0.1) is 0 Å². The molecule has 0 aromatic heterocycles. The van der Waals surface area contributed by atoms with E-state index < -0.39 is 23.8 Å². The highest BCUT2D eigenvalue weighted by Gasteiger charge is 2.58. The van der Waals surface area contributed by atoms with Gasteiger partial charge in [-0.2, -0.15) is 0 Å². The molecule has 1 heterocycles. The summed E-state index contributed by atoms with van der Waals surface area (Å²) in [5.74, 6) is -5.03. The zero-order valence-electron chi connectivity index (χ0n) is 20.2. The maximum Gasteiger partial charge on any atom is 0.453 e. The lowest BCUT2D eigenvalue weighted by Crippen LogP contribution is -2.55. The number of hydrogen-bond acceptors (Lipinski definition) is 7. The summed E-state index contributed by atoms with van der Waals surface area (Å²) in [5.41, 5.74) is 2.50. The highest BCUT2D eigenvalue weighted by molar-refractivity contribution is 6.30. The number of ether oxygens (including phenoxy) is 3. The first-order chi connectivity index (χ1) is 17.8. The van der Waals surface area contributed by atoms with Crippen LogP contribution in [0, 0.1) is 0 Å². The van der Waals surface area contributed by atoms with Crippen molar-refractivity contribution in [3.63, 3.8) is 0 Å². The highest BCUT2D eigenvalue weighted by Crippen LogP contribution is 2.41. The zero-order valence-corrected chi connectivity index (χ0v) is 21.0. The van der Waals surface area contributed by atoms with Gasteiger partial charge in [-0.05, 0) is 54.3 Å². The Hall–Kier alpha value is -3.59. The van der Waals surface area contributed by atoms with Gasteiger partial charge in [-0.25, -0.2) is 9.59 Å². The molecule has 37 heavy (non-hydrogen) atoms. The molecule has 194 valence electrons. The van der Waals surface area contributed by atoms with Crippen molar-refractivity contribution in [3.05, 3.63) is 94.5 Å². The van der Waals surface area contributed by atoms with Crippen LogP contribution < -0.4 is 14.8 Å². The standard InChI is InChI=1S/C28H28ClNO7/c1-18(30-17-23(31)21-8-5-9-22(29)16-21)14-20-10-11-24-25(15-20)37-28(36-24,26(32)33)27(34)35-13-12-19-6-3-2-4-7-19/h2-11,15-16,18,23,30-31H,12-14,17H2,1H3,(H,32,33)/t18-,23+,28?/m1/s1. The van der Waals surface area contributed by atoms with E-state index in [0.29, 0.717) is 24.4 Å². The molecule has 0 aliphatic carbocycles. The van der Waals surface area contributed by atoms with E-state index in [1.807, 2.05) is 43.3 Å². The second-order valence-electron chi connectivity index (χ2n) is 8.86. The second-order valence-corrected chi connectivity index (χ2v) is 9.30. The molecule has 0 radical (unpaired) electrons. The van der Waals surface area contributed by atoms with Crippen molar-refractivity contribution in [1.82, 2.24) is 5.32 Å². The Bertz CT molecular complexity index is 1250. The predicted octanol–water partition coefficient (Wildman–Crippen LogP) is 3.93. The van der Waals surface area contributed by atoms with Crippen molar-refractivity contribution in [2.45, 2.75) is 37.7 Å². The van der Waals surface area contributed by atoms with Crippen LogP contribution in [-0.4, -0.2) is 47.1 Å². The van der Waals surface area contributed by atoms with Gasteiger partial charge >= 0.3 is 17.7 Å². The van der Waals surface area contributed by atoms with Crippen molar-refractivity contribution in [2.75, 3.05) is 13.2 Å². The second kappa shape index (κ2) is 11.6. The van der Waals surface area contributed by atoms with Crippen molar-refractivity contribution in [3.8, 4) is 11.5 Å². The third kappa shape index (κ3) is 6.40. The Morgan fingerprint density at radius 3 is 2.49 bits per heavy atom. The Morgan fingerprint density at radius 1 is 1.00 bits per heavy atom. The lowest BCUT2D eigenvalue weighted by atomic mass is 10.1. The van der Waals surface area contributed by atoms with Crippen LogP contribution in [0.25, 0.3) is 0 Å². The van der Waals surface area contributed by atoms with Crippen LogP contribution in [0.3, 0.4) is 0 Å². The number of esters is 1. The van der Waals surface area contributed by atoms with Crippen molar-refractivity contribution >= 4 is 23.5 Å². The highest BCUT2D eigenvalue weighted by atomic mass is 35.5. The number of aliphatic carboxylic acids is 1. The van der Waals surface area contributed by atoms with E-state index in [0.717, 1.165) is 16.7 Å². The summed E-state index contributed by atoms with van der Waals surface area (Å²) in [7, 11) is 0. The molecule has 8 nitrogen and oxygen atoms in total. The van der Waals surface area contributed by atoms with Crippen LogP contribution in [0.15, 0.2) is 72.8 Å². The van der Waals surface area contributed by atoms with Gasteiger partial charge < -0.3 is 29.7 Å². The summed E-state index contributed by atoms with van der Waals surface area (Å²) in [6, 6.07) is 21.4. The minimum absolute atomic E-state index is 0.0174. The summed E-state index contributed by atoms with van der Waals surface area (Å²) in [6.07, 6.45) is 0.263. The topological polar surface area (TPSA) is 114 Å². The molecule has 3 atom stereocenters. The summed E-state index contributed by atoms with van der Waals surface area (Å²) >= 11 is 6.00. The van der Waals surface area contributed by atoms with Crippen LogP contribution in [0.4, 0.5) is 0 Å². The van der Waals surface area contributed by atoms with Crippen LogP contribution >= 0.6 is 11.6 Å². The van der Waals surface area contributed by atoms with Crippen molar-refractivity contribution in [1.29, 1.82) is 0 Å². The van der Waals surface area contributed by atoms with E-state index in [1.54, 1.807) is 36.4 Å². The quantitative estimate of drug-likeness (QED) is 0.255. The number of rotatable bonds is 11. The molecular weight excluding hydrogens is 498 g/mol. The van der Waals surface area contributed by atoms with Gasteiger partial charge in [-0.1, -0.05) is 60.1 Å². The van der Waals surface area contributed by atoms with Gasteiger partial charge in [-0.3, -0.25) is 0 Å². The number of nitrogens with one attached hydrogen (secondary N) is 1. The smallest absolute Gasteiger partial charge is 0.453 e. The molecule has 1 aliphatic heterocycles. The molecule has 3 aromatic carbocycles. The molecule has 0 spiro atoms. The number of benzene rings is 3. The Labute approximate surface area is 219 Å². The molecule has 3 N–H and O–H groups in total. The minimum atomic E-state index is -2.59. The van der Waals surface area contributed by atoms with Crippen LogP contribution in [0.1, 0.15) is 29.7 Å². The van der Waals surface area contributed by atoms with E-state index in [-0.39, 0.29) is 24.1 Å². The Morgan fingerprint density at radius 2 is 1.76 bits per heavy atom. The number of carboxylic acid groups (broad SMARTS) is 1. The third-order valence-electron chi connectivity index (χ3n) is 5.97. The van der Waals surface area contributed by atoms with Gasteiger partial charge in [0.1, 0.15) is 0 Å². The van der Waals surface area contributed by atoms with E-state index in [1.165, 1.54) is 0 Å². The number of carboxylic acids is 1. The van der Waals surface area contributed by atoms with E-state index in [9.17, 15) is 19.8 Å². The van der Waals surface area contributed by atoms with Crippen molar-refractivity contribution < 1.29 is 34.0 Å². The van der Waals surface area contributed by atoms with Gasteiger partial charge in [0.05, 0.1) is 12.7 Å². The molecule has 0 bridgehead atoms. The van der Waals surface area contributed by atoms with Crippen LogP contribution in [-0.2, 0) is 27.2 Å². The van der Waals surface area contributed by atoms with E-state index in [4.69, 9.17) is 25.8 Å². The van der Waals surface area contributed by atoms with Crippen LogP contribution in [0.5, 0.6) is 11.5 Å². The molecule has 0 saturated heterocycles. The maximum atomic E-state index is 12.7. The van der Waals surface area contributed by atoms with Crippen molar-refractivity contribution in [2.24, 2.45) is 0 Å². The average molecular weight is 526 g/mol. The van der Waals surface area contributed by atoms with Gasteiger partial charge in [0.15, 0.2) is 11.5 Å². The molecular formula is C28H28ClNO7. The fraction of sp³-hybridized carbons (Fsp3) is 0.286. The number of carbonyl (C=O) groups is 2. The predicted molar refractivity (Wildman–Crippen MR) is 137 cm³/mol. The number of carbonyl (C=O) groups excluding carboxylic acids is 1. The Kier molecular flexibility index (Phi) is 8.33. The number of aliphatic hydroxyl groups excluding tert-OH is 1. The van der Waals surface area contributed by atoms with Crippen LogP contribution in [0.2, 0.25) is 5.02 Å². The molecule has 3 aromatic rings. The average Bonchev–Trinajstić information content (AvgIpc) is 3.28. The number of aliphatic hydroxyl groups is 1. The summed E-state index contributed by atoms with van der Waals surface area (Å²) in [6.45, 7) is 2.26. The maximum absolute atomic E-state index is 12.7. The van der Waals surface area contributed by atoms with E-state index in [2.05, 4.69) is 5.32 Å². The molecule has 1 aliphatic rings. The zero-order chi connectivity index (χ0) is 26.4. The molecule has 1 unspecified atom stereocenters. The molecule has 9 heteroatoms. The van der Waals surface area contributed by atoms with Gasteiger partial charge in [0.2, 0.25) is 0 Å². The number of hydrogen-bond donors (Lipinski definition) is 3. The molecule has 4 rings (SSSR count). The number of halogens is 1. The SMILES string of the molecule is C[C@H](Cc1ccc2c(c1)OC(C(=O)O)(C(=O)OCCc1ccccc1)O2)NC[C@H](O)c1cccc(Cl)c1. The minimum Gasteiger partial charge on any atom is -0.475 e. The number of fused-ring (bicyclic) bond motifs is 1. The molecule has 0 amide bonds. The fourth-order valence-corrected chi connectivity index (χ4v) is 4.20. The Balaban J connectivity index is 1.34. The van der Waals surface area contributed by atoms with Gasteiger partial charge in [0, 0.05) is 24.0 Å². The third-order valence-corrected chi connectivity index (χ3v) is 6.20. The molecule has 0 saturated carbocycles. The summed E-state index contributed by atoms with van der Waals surface area (Å²) in [5, 5.41) is 24.0. The summed E-state index contributed by atoms with van der Waals surface area (Å²) < 4.78 is 16.2. The largest absolute Gasteiger partial charge is 0.475 e. The first kappa shape index (κ1) is 26.5. The lowest BCUT2D eigenvalue weighted by Gasteiger charge is -2.20. The fourth-order valence-electron chi connectivity index (χ4n) is 4.00. The monoisotopic (exact) mass is 525 g/mol. The lowest BCUT2D eigenvalue weighted by molar-refractivity contribution is -0.198. The van der Waals surface area contributed by atoms with E-state index >= 15 is 0 Å². The first-order valence-corrected chi connectivity index (χ1v) is 12.3. The normalized spacial score (nSPS) is 17.7.